The van der Waals surface area contributed by atoms with Crippen LogP contribution in [0.25, 0.3) is 0 Å². The Kier molecular flexibility index (Phi) is 4.40. The summed E-state index contributed by atoms with van der Waals surface area (Å²) in [6, 6.07) is 8.60. The molecule has 3 nitrogen and oxygen atoms in total. The molecule has 18 heavy (non-hydrogen) atoms. The van der Waals surface area contributed by atoms with E-state index in [1.165, 1.54) is 36.6 Å². The Balaban J connectivity index is 1.88. The minimum Gasteiger partial charge on any atom is -0.315 e. The maximum atomic E-state index is 11.0. The highest BCUT2D eigenvalue weighted by Crippen LogP contribution is 2.30. The molecule has 1 unspecified atom stereocenters. The van der Waals surface area contributed by atoms with E-state index in [0.29, 0.717) is 12.5 Å². The summed E-state index contributed by atoms with van der Waals surface area (Å²) in [6.07, 6.45) is 4.89. The Morgan fingerprint density at radius 1 is 1.33 bits per heavy atom. The zero-order valence-corrected chi connectivity index (χ0v) is 11.7. The number of benzene rings is 1. The standard InChI is InChI=1S/C14H21NO2S/c1-18(16,17)10-9-15-11-13-7-4-6-12-5-2-3-8-14(12)13/h2-3,5,8,13,15H,4,6-7,9-11H2,1H3. The highest BCUT2D eigenvalue weighted by atomic mass is 32.2. The molecule has 1 aromatic carbocycles. The van der Waals surface area contributed by atoms with E-state index in [4.69, 9.17) is 0 Å². The Bertz CT molecular complexity index is 496. The van der Waals surface area contributed by atoms with Crippen LogP contribution in [-0.4, -0.2) is 33.5 Å². The molecule has 0 saturated heterocycles. The summed E-state index contributed by atoms with van der Waals surface area (Å²) in [5.74, 6) is 0.760. The van der Waals surface area contributed by atoms with E-state index in [-0.39, 0.29) is 5.75 Å². The van der Waals surface area contributed by atoms with Gasteiger partial charge in [-0.05, 0) is 36.3 Å². The maximum Gasteiger partial charge on any atom is 0.148 e. The fourth-order valence-electron chi connectivity index (χ4n) is 2.60. The third-order valence-corrected chi connectivity index (χ3v) is 4.48. The van der Waals surface area contributed by atoms with Gasteiger partial charge in [-0.3, -0.25) is 0 Å². The topological polar surface area (TPSA) is 46.2 Å². The molecule has 0 fully saturated rings. The lowest BCUT2D eigenvalue weighted by molar-refractivity contribution is 0.513. The van der Waals surface area contributed by atoms with Gasteiger partial charge in [0.2, 0.25) is 0 Å². The van der Waals surface area contributed by atoms with Crippen molar-refractivity contribution in [3.8, 4) is 0 Å². The molecule has 2 rings (SSSR count). The first-order chi connectivity index (χ1) is 8.56. The molecular weight excluding hydrogens is 246 g/mol. The molecule has 100 valence electrons. The minimum absolute atomic E-state index is 0.224. The summed E-state index contributed by atoms with van der Waals surface area (Å²) in [5.41, 5.74) is 2.90. The largest absolute Gasteiger partial charge is 0.315 e. The van der Waals surface area contributed by atoms with Gasteiger partial charge in [-0.1, -0.05) is 24.3 Å². The summed E-state index contributed by atoms with van der Waals surface area (Å²) in [5, 5.41) is 3.27. The number of hydrogen-bond donors (Lipinski definition) is 1. The monoisotopic (exact) mass is 267 g/mol. The molecule has 0 bridgehead atoms. The molecule has 1 N–H and O–H groups in total. The van der Waals surface area contributed by atoms with E-state index in [9.17, 15) is 8.42 Å². The SMILES string of the molecule is CS(=O)(=O)CCNCC1CCCc2ccccc21. The molecule has 1 aliphatic rings. The van der Waals surface area contributed by atoms with E-state index in [1.807, 2.05) is 0 Å². The Hall–Kier alpha value is -0.870. The smallest absolute Gasteiger partial charge is 0.148 e. The number of rotatable bonds is 5. The van der Waals surface area contributed by atoms with Gasteiger partial charge in [-0.15, -0.1) is 0 Å². The second-order valence-corrected chi connectivity index (χ2v) is 7.38. The average molecular weight is 267 g/mol. The first-order valence-electron chi connectivity index (χ1n) is 6.52. The van der Waals surface area contributed by atoms with Gasteiger partial charge in [-0.2, -0.15) is 0 Å². The lowest BCUT2D eigenvalue weighted by atomic mass is 9.83. The van der Waals surface area contributed by atoms with Crippen LogP contribution in [0.3, 0.4) is 0 Å². The molecule has 0 aliphatic heterocycles. The van der Waals surface area contributed by atoms with Crippen LogP contribution in [0.15, 0.2) is 24.3 Å². The first kappa shape index (κ1) is 13.6. The van der Waals surface area contributed by atoms with Crippen molar-refractivity contribution < 1.29 is 8.42 Å². The van der Waals surface area contributed by atoms with Crippen molar-refractivity contribution in [3.05, 3.63) is 35.4 Å². The molecule has 0 saturated carbocycles. The third kappa shape index (κ3) is 3.82. The van der Waals surface area contributed by atoms with Gasteiger partial charge >= 0.3 is 0 Å². The first-order valence-corrected chi connectivity index (χ1v) is 8.58. The summed E-state index contributed by atoms with van der Waals surface area (Å²) < 4.78 is 22.1. The molecule has 1 atom stereocenters. The summed E-state index contributed by atoms with van der Waals surface area (Å²) in [4.78, 5) is 0. The second-order valence-electron chi connectivity index (χ2n) is 5.12. The summed E-state index contributed by atoms with van der Waals surface area (Å²) in [6.45, 7) is 1.43. The van der Waals surface area contributed by atoms with Crippen LogP contribution in [-0.2, 0) is 16.3 Å². The zero-order chi connectivity index (χ0) is 13.0. The molecule has 4 heteroatoms. The third-order valence-electron chi connectivity index (χ3n) is 3.53. The summed E-state index contributed by atoms with van der Waals surface area (Å²) in [7, 11) is -2.85. The van der Waals surface area contributed by atoms with Crippen molar-refractivity contribution >= 4 is 9.84 Å². The number of fused-ring (bicyclic) bond motifs is 1. The van der Waals surface area contributed by atoms with Crippen molar-refractivity contribution in [1.82, 2.24) is 5.32 Å². The molecule has 0 spiro atoms. The van der Waals surface area contributed by atoms with Crippen molar-refractivity contribution in [2.45, 2.75) is 25.2 Å². The van der Waals surface area contributed by atoms with Crippen LogP contribution in [0.1, 0.15) is 29.9 Å². The number of aryl methyl sites for hydroxylation is 1. The van der Waals surface area contributed by atoms with Crippen molar-refractivity contribution in [1.29, 1.82) is 0 Å². The van der Waals surface area contributed by atoms with Gasteiger partial charge in [0.15, 0.2) is 0 Å². The van der Waals surface area contributed by atoms with E-state index in [1.54, 1.807) is 0 Å². The van der Waals surface area contributed by atoms with Crippen LogP contribution in [0.2, 0.25) is 0 Å². The Labute approximate surface area is 110 Å². The summed E-state index contributed by atoms with van der Waals surface area (Å²) >= 11 is 0. The van der Waals surface area contributed by atoms with Crippen LogP contribution in [0, 0.1) is 0 Å². The highest BCUT2D eigenvalue weighted by Gasteiger charge is 2.19. The Morgan fingerprint density at radius 2 is 2.11 bits per heavy atom. The van der Waals surface area contributed by atoms with Gasteiger partial charge in [0.1, 0.15) is 9.84 Å². The van der Waals surface area contributed by atoms with E-state index < -0.39 is 9.84 Å². The van der Waals surface area contributed by atoms with Crippen molar-refractivity contribution in [2.24, 2.45) is 0 Å². The van der Waals surface area contributed by atoms with Gasteiger partial charge < -0.3 is 5.32 Å². The van der Waals surface area contributed by atoms with Gasteiger partial charge in [0.25, 0.3) is 0 Å². The van der Waals surface area contributed by atoms with E-state index in [2.05, 4.69) is 29.6 Å². The van der Waals surface area contributed by atoms with Crippen LogP contribution < -0.4 is 5.32 Å². The molecule has 0 amide bonds. The quantitative estimate of drug-likeness (QED) is 0.827. The maximum absolute atomic E-state index is 11.0. The number of sulfone groups is 1. The van der Waals surface area contributed by atoms with Crippen molar-refractivity contribution in [2.75, 3.05) is 25.1 Å². The molecule has 0 heterocycles. The van der Waals surface area contributed by atoms with Crippen LogP contribution in [0.5, 0.6) is 0 Å². The van der Waals surface area contributed by atoms with Crippen LogP contribution in [0.4, 0.5) is 0 Å². The normalized spacial score (nSPS) is 19.5. The van der Waals surface area contributed by atoms with Crippen molar-refractivity contribution in [3.63, 3.8) is 0 Å². The molecular formula is C14H21NO2S. The molecule has 1 aromatic rings. The molecule has 0 aromatic heterocycles. The molecule has 0 radical (unpaired) electrons. The minimum atomic E-state index is -2.85. The fourth-order valence-corrected chi connectivity index (χ4v) is 3.12. The van der Waals surface area contributed by atoms with Gasteiger partial charge in [0.05, 0.1) is 5.75 Å². The molecule has 1 aliphatic carbocycles. The van der Waals surface area contributed by atoms with E-state index >= 15 is 0 Å². The predicted molar refractivity (Wildman–Crippen MR) is 74.7 cm³/mol. The number of hydrogen-bond acceptors (Lipinski definition) is 3. The van der Waals surface area contributed by atoms with Gasteiger partial charge in [-0.25, -0.2) is 8.42 Å². The number of nitrogens with one attached hydrogen (secondary N) is 1. The lowest BCUT2D eigenvalue weighted by Gasteiger charge is -2.25. The Morgan fingerprint density at radius 3 is 2.89 bits per heavy atom. The zero-order valence-electron chi connectivity index (χ0n) is 10.9. The predicted octanol–water partition coefficient (Wildman–Crippen LogP) is 1.74. The second kappa shape index (κ2) is 5.85. The average Bonchev–Trinajstić information content (AvgIpc) is 2.33. The lowest BCUT2D eigenvalue weighted by Crippen LogP contribution is -2.28. The van der Waals surface area contributed by atoms with Gasteiger partial charge in [0, 0.05) is 19.3 Å². The fraction of sp³-hybridized carbons (Fsp3) is 0.571. The van der Waals surface area contributed by atoms with Crippen LogP contribution >= 0.6 is 0 Å². The highest BCUT2D eigenvalue weighted by molar-refractivity contribution is 7.90. The van der Waals surface area contributed by atoms with E-state index in [0.717, 1.165) is 6.54 Å².